The first-order valence-corrected chi connectivity index (χ1v) is 4.61. The van der Waals surface area contributed by atoms with Gasteiger partial charge in [0.15, 0.2) is 0 Å². The Bertz CT molecular complexity index is 171. The van der Waals surface area contributed by atoms with Gasteiger partial charge < -0.3 is 4.90 Å². The maximum absolute atomic E-state index is 11.1. The van der Waals surface area contributed by atoms with Crippen LogP contribution in [0, 0.1) is 0 Å². The normalized spacial score (nSPS) is 19.5. The highest BCUT2D eigenvalue weighted by molar-refractivity contribution is 6.51. The second-order valence-corrected chi connectivity index (χ2v) is 4.16. The van der Waals surface area contributed by atoms with Crippen LogP contribution in [0.25, 0.3) is 0 Å². The lowest BCUT2D eigenvalue weighted by molar-refractivity contribution is -0.128. The van der Waals surface area contributed by atoms with Crippen LogP contribution in [0.1, 0.15) is 12.8 Å². The van der Waals surface area contributed by atoms with Crippen molar-refractivity contribution in [2.75, 3.05) is 12.4 Å². The molecule has 0 aromatic carbocycles. The molecule has 0 aromatic heterocycles. The van der Waals surface area contributed by atoms with Crippen molar-refractivity contribution in [2.45, 2.75) is 17.3 Å². The van der Waals surface area contributed by atoms with E-state index in [-0.39, 0.29) is 11.8 Å². The van der Waals surface area contributed by atoms with Crippen LogP contribution in [0.3, 0.4) is 0 Å². The second-order valence-electron chi connectivity index (χ2n) is 2.45. The van der Waals surface area contributed by atoms with Crippen LogP contribution < -0.4 is 0 Å². The van der Waals surface area contributed by atoms with Gasteiger partial charge in [0.25, 0.3) is 0 Å². The van der Waals surface area contributed by atoms with Gasteiger partial charge >= 0.3 is 0 Å². The number of alkyl halides is 3. The van der Waals surface area contributed by atoms with Crippen LogP contribution in [0.15, 0.2) is 0 Å². The van der Waals surface area contributed by atoms with E-state index in [1.807, 2.05) is 0 Å². The van der Waals surface area contributed by atoms with E-state index in [0.29, 0.717) is 13.0 Å². The molecule has 11 heavy (non-hydrogen) atoms. The first-order chi connectivity index (χ1) is 5.08. The lowest BCUT2D eigenvalue weighted by Crippen LogP contribution is -2.41. The second kappa shape index (κ2) is 3.38. The molecule has 0 spiro atoms. The monoisotopic (exact) mass is 215 g/mol. The maximum Gasteiger partial charge on any atom is 0.224 e. The molecule has 1 heterocycles. The van der Waals surface area contributed by atoms with Gasteiger partial charge in [-0.15, -0.1) is 11.6 Å². The SMILES string of the molecule is O=C1CCCN1C(Cl)(Cl)CCl. The highest BCUT2D eigenvalue weighted by Crippen LogP contribution is 2.31. The molecule has 0 radical (unpaired) electrons. The molecule has 0 saturated carbocycles. The fraction of sp³-hybridized carbons (Fsp3) is 0.833. The molecule has 0 atom stereocenters. The summed E-state index contributed by atoms with van der Waals surface area (Å²) in [5.41, 5.74) is 0. The quantitative estimate of drug-likeness (QED) is 0.511. The Morgan fingerprint density at radius 2 is 2.18 bits per heavy atom. The molecule has 0 aliphatic carbocycles. The van der Waals surface area contributed by atoms with Gasteiger partial charge in [-0.25, -0.2) is 0 Å². The molecule has 1 aliphatic heterocycles. The van der Waals surface area contributed by atoms with Gasteiger partial charge in [-0.05, 0) is 6.42 Å². The topological polar surface area (TPSA) is 20.3 Å². The minimum absolute atomic E-state index is 0.0179. The van der Waals surface area contributed by atoms with Crippen LogP contribution >= 0.6 is 34.8 Å². The molecule has 64 valence electrons. The van der Waals surface area contributed by atoms with E-state index in [2.05, 4.69) is 0 Å². The van der Waals surface area contributed by atoms with Gasteiger partial charge in [-0.1, -0.05) is 23.2 Å². The third-order valence-electron chi connectivity index (χ3n) is 1.63. The van der Waals surface area contributed by atoms with Crippen LogP contribution in [-0.4, -0.2) is 27.7 Å². The molecule has 1 saturated heterocycles. The van der Waals surface area contributed by atoms with Gasteiger partial charge in [0.2, 0.25) is 10.4 Å². The molecule has 2 nitrogen and oxygen atoms in total. The highest BCUT2D eigenvalue weighted by Gasteiger charge is 2.37. The maximum atomic E-state index is 11.1. The van der Waals surface area contributed by atoms with Crippen molar-refractivity contribution in [3.63, 3.8) is 0 Å². The van der Waals surface area contributed by atoms with Crippen LogP contribution in [0.2, 0.25) is 0 Å². The molecular formula is C6H8Cl3NO. The smallest absolute Gasteiger partial charge is 0.224 e. The van der Waals surface area contributed by atoms with Crippen molar-refractivity contribution in [1.82, 2.24) is 4.90 Å². The number of nitrogens with zero attached hydrogens (tertiary/aromatic N) is 1. The molecule has 0 N–H and O–H groups in total. The molecule has 0 bridgehead atoms. The van der Waals surface area contributed by atoms with E-state index in [0.717, 1.165) is 6.42 Å². The van der Waals surface area contributed by atoms with Crippen molar-refractivity contribution < 1.29 is 4.79 Å². The zero-order valence-corrected chi connectivity index (χ0v) is 8.09. The highest BCUT2D eigenvalue weighted by atomic mass is 35.5. The number of amides is 1. The average Bonchev–Trinajstić information content (AvgIpc) is 2.36. The Kier molecular flexibility index (Phi) is 2.90. The first kappa shape index (κ1) is 9.43. The van der Waals surface area contributed by atoms with E-state index in [1.165, 1.54) is 4.90 Å². The number of hydrogen-bond acceptors (Lipinski definition) is 1. The lowest BCUT2D eigenvalue weighted by Gasteiger charge is -2.28. The minimum Gasteiger partial charge on any atom is -0.310 e. The van der Waals surface area contributed by atoms with Crippen molar-refractivity contribution >= 4 is 40.7 Å². The van der Waals surface area contributed by atoms with Crippen molar-refractivity contribution in [3.05, 3.63) is 0 Å². The lowest BCUT2D eigenvalue weighted by atomic mass is 10.4. The fourth-order valence-corrected chi connectivity index (χ4v) is 1.57. The standard InChI is InChI=1S/C6H8Cl3NO/c7-4-6(8,9)10-3-1-2-5(10)11/h1-4H2. The Labute approximate surface area is 80.4 Å². The summed E-state index contributed by atoms with van der Waals surface area (Å²) in [6.45, 7) is 0.610. The molecule has 0 unspecified atom stereocenters. The third-order valence-corrected chi connectivity index (χ3v) is 2.96. The molecule has 5 heteroatoms. The van der Waals surface area contributed by atoms with E-state index in [4.69, 9.17) is 34.8 Å². The number of hydrogen-bond donors (Lipinski definition) is 0. The zero-order chi connectivity index (χ0) is 8.48. The van der Waals surface area contributed by atoms with Gasteiger partial charge in [-0.3, -0.25) is 4.79 Å². The Morgan fingerprint density at radius 3 is 2.55 bits per heavy atom. The van der Waals surface area contributed by atoms with E-state index < -0.39 is 4.46 Å². The number of halogens is 3. The van der Waals surface area contributed by atoms with Gasteiger partial charge in [0.05, 0.1) is 5.88 Å². The molecule has 1 aliphatic rings. The fourth-order valence-electron chi connectivity index (χ4n) is 1.07. The summed E-state index contributed by atoms with van der Waals surface area (Å²) in [6, 6.07) is 0. The predicted molar refractivity (Wildman–Crippen MR) is 46.1 cm³/mol. The summed E-state index contributed by atoms with van der Waals surface area (Å²) in [7, 11) is 0. The largest absolute Gasteiger partial charge is 0.310 e. The summed E-state index contributed by atoms with van der Waals surface area (Å²) in [5, 5.41) is 0. The van der Waals surface area contributed by atoms with E-state index >= 15 is 0 Å². The van der Waals surface area contributed by atoms with Crippen LogP contribution in [0.4, 0.5) is 0 Å². The van der Waals surface area contributed by atoms with Gasteiger partial charge in [0.1, 0.15) is 0 Å². The van der Waals surface area contributed by atoms with Crippen LogP contribution in [0.5, 0.6) is 0 Å². The summed E-state index contributed by atoms with van der Waals surface area (Å²) < 4.78 is -1.21. The number of carbonyl (C=O) groups excluding carboxylic acids is 1. The Morgan fingerprint density at radius 1 is 1.55 bits per heavy atom. The molecule has 1 fully saturated rings. The molecular weight excluding hydrogens is 208 g/mol. The number of carbonyl (C=O) groups is 1. The molecule has 1 amide bonds. The van der Waals surface area contributed by atoms with Crippen LogP contribution in [-0.2, 0) is 4.79 Å². The van der Waals surface area contributed by atoms with Crippen molar-refractivity contribution in [2.24, 2.45) is 0 Å². The Balaban J connectivity index is 2.65. The first-order valence-electron chi connectivity index (χ1n) is 3.32. The number of likely N-dealkylation sites (tertiary alicyclic amines) is 1. The molecule has 1 rings (SSSR count). The summed E-state index contributed by atoms with van der Waals surface area (Å²) >= 11 is 17.0. The third kappa shape index (κ3) is 1.92. The summed E-state index contributed by atoms with van der Waals surface area (Å²) in [4.78, 5) is 12.5. The van der Waals surface area contributed by atoms with Crippen molar-refractivity contribution in [3.8, 4) is 0 Å². The van der Waals surface area contributed by atoms with E-state index in [1.54, 1.807) is 0 Å². The zero-order valence-electron chi connectivity index (χ0n) is 5.82. The van der Waals surface area contributed by atoms with E-state index in [9.17, 15) is 4.79 Å². The average molecular weight is 216 g/mol. The van der Waals surface area contributed by atoms with Gasteiger partial charge in [0, 0.05) is 13.0 Å². The van der Waals surface area contributed by atoms with Crippen molar-refractivity contribution in [1.29, 1.82) is 0 Å². The summed E-state index contributed by atoms with van der Waals surface area (Å²) in [6.07, 6.45) is 1.34. The number of rotatable bonds is 2. The summed E-state index contributed by atoms with van der Waals surface area (Å²) in [5.74, 6) is 0.0256. The van der Waals surface area contributed by atoms with Gasteiger partial charge in [-0.2, -0.15) is 0 Å². The predicted octanol–water partition coefficient (Wildman–Crippen LogP) is 1.98. The molecule has 0 aromatic rings. The minimum atomic E-state index is -1.21. The Hall–Kier alpha value is 0.340.